The zero-order valence-corrected chi connectivity index (χ0v) is 15.3. The molecule has 1 saturated heterocycles. The van der Waals surface area contributed by atoms with Gasteiger partial charge in [-0.2, -0.15) is 0 Å². The molecule has 1 unspecified atom stereocenters. The number of halogens is 2. The standard InChI is InChI=1S/C19H18Cl2N2O2/c1-12-4-2-5-13(8-12)19(25)23-7-3-6-17(23)18(24)22-16-10-14(20)9-15(21)11-16/h2,4-5,8-11,17H,3,6-7H2,1H3,(H,22,24). The molecule has 2 aromatic rings. The van der Waals surface area contributed by atoms with Crippen molar-refractivity contribution in [2.24, 2.45) is 0 Å². The van der Waals surface area contributed by atoms with Gasteiger partial charge in [-0.15, -0.1) is 0 Å². The molecular formula is C19H18Cl2N2O2. The molecule has 0 radical (unpaired) electrons. The summed E-state index contributed by atoms with van der Waals surface area (Å²) in [5.74, 6) is -0.345. The number of nitrogens with zero attached hydrogens (tertiary/aromatic N) is 1. The number of nitrogens with one attached hydrogen (secondary N) is 1. The molecule has 1 atom stereocenters. The molecule has 130 valence electrons. The highest BCUT2D eigenvalue weighted by atomic mass is 35.5. The lowest BCUT2D eigenvalue weighted by Crippen LogP contribution is -2.43. The van der Waals surface area contributed by atoms with E-state index in [2.05, 4.69) is 5.32 Å². The van der Waals surface area contributed by atoms with Crippen LogP contribution in [-0.4, -0.2) is 29.3 Å². The molecule has 1 heterocycles. The number of rotatable bonds is 3. The molecule has 3 rings (SSSR count). The van der Waals surface area contributed by atoms with Crippen LogP contribution >= 0.6 is 23.2 Å². The molecule has 0 aliphatic carbocycles. The van der Waals surface area contributed by atoms with Crippen molar-refractivity contribution >= 4 is 40.7 Å². The Labute approximate surface area is 156 Å². The fourth-order valence-corrected chi connectivity index (χ4v) is 3.60. The minimum Gasteiger partial charge on any atom is -0.327 e. The van der Waals surface area contributed by atoms with Gasteiger partial charge in [0, 0.05) is 27.8 Å². The summed E-state index contributed by atoms with van der Waals surface area (Å²) >= 11 is 11.9. The van der Waals surface area contributed by atoms with Crippen molar-refractivity contribution in [1.82, 2.24) is 4.90 Å². The summed E-state index contributed by atoms with van der Waals surface area (Å²) in [6, 6.07) is 11.8. The number of likely N-dealkylation sites (tertiary alicyclic amines) is 1. The average molecular weight is 377 g/mol. The van der Waals surface area contributed by atoms with Crippen molar-refractivity contribution in [3.63, 3.8) is 0 Å². The number of carbonyl (C=O) groups is 2. The lowest BCUT2D eigenvalue weighted by Gasteiger charge is -2.24. The van der Waals surface area contributed by atoms with E-state index in [4.69, 9.17) is 23.2 Å². The highest BCUT2D eigenvalue weighted by Gasteiger charge is 2.34. The van der Waals surface area contributed by atoms with Gasteiger partial charge in [0.25, 0.3) is 5.91 Å². The van der Waals surface area contributed by atoms with E-state index in [9.17, 15) is 9.59 Å². The maximum atomic E-state index is 12.8. The Morgan fingerprint density at radius 3 is 2.52 bits per heavy atom. The van der Waals surface area contributed by atoms with Crippen LogP contribution in [0.5, 0.6) is 0 Å². The lowest BCUT2D eigenvalue weighted by atomic mass is 10.1. The summed E-state index contributed by atoms with van der Waals surface area (Å²) in [7, 11) is 0. The van der Waals surface area contributed by atoms with E-state index in [0.717, 1.165) is 12.0 Å². The average Bonchev–Trinajstić information content (AvgIpc) is 3.02. The van der Waals surface area contributed by atoms with Crippen LogP contribution in [0.15, 0.2) is 42.5 Å². The number of amides is 2. The van der Waals surface area contributed by atoms with E-state index in [-0.39, 0.29) is 11.8 Å². The summed E-state index contributed by atoms with van der Waals surface area (Å²) in [4.78, 5) is 27.1. The maximum Gasteiger partial charge on any atom is 0.254 e. The van der Waals surface area contributed by atoms with E-state index < -0.39 is 6.04 Å². The molecule has 1 aliphatic rings. The summed E-state index contributed by atoms with van der Waals surface area (Å²) < 4.78 is 0. The van der Waals surface area contributed by atoms with Gasteiger partial charge in [0.1, 0.15) is 6.04 Å². The first-order valence-corrected chi connectivity index (χ1v) is 8.84. The van der Waals surface area contributed by atoms with Crippen LogP contribution in [0.1, 0.15) is 28.8 Å². The molecule has 0 bridgehead atoms. The van der Waals surface area contributed by atoms with Crippen molar-refractivity contribution in [1.29, 1.82) is 0 Å². The normalized spacial score (nSPS) is 16.8. The van der Waals surface area contributed by atoms with Gasteiger partial charge >= 0.3 is 0 Å². The number of carbonyl (C=O) groups excluding carboxylic acids is 2. The molecule has 0 saturated carbocycles. The number of hydrogen-bond donors (Lipinski definition) is 1. The number of benzene rings is 2. The predicted octanol–water partition coefficient (Wildman–Crippen LogP) is 4.55. The van der Waals surface area contributed by atoms with Crippen LogP contribution in [0.3, 0.4) is 0 Å². The quantitative estimate of drug-likeness (QED) is 0.854. The fourth-order valence-electron chi connectivity index (χ4n) is 3.08. The van der Waals surface area contributed by atoms with E-state index in [0.29, 0.717) is 34.3 Å². The molecule has 2 aromatic carbocycles. The van der Waals surface area contributed by atoms with Gasteiger partial charge in [0.2, 0.25) is 5.91 Å². The van der Waals surface area contributed by atoms with Crippen molar-refractivity contribution in [2.75, 3.05) is 11.9 Å². The van der Waals surface area contributed by atoms with Gasteiger partial charge in [0.05, 0.1) is 0 Å². The topological polar surface area (TPSA) is 49.4 Å². The summed E-state index contributed by atoms with van der Waals surface area (Å²) in [6.07, 6.45) is 1.43. The number of aryl methyl sites for hydroxylation is 1. The smallest absolute Gasteiger partial charge is 0.254 e. The molecule has 2 amide bonds. The highest BCUT2D eigenvalue weighted by molar-refractivity contribution is 6.35. The minimum atomic E-state index is -0.495. The second-order valence-corrected chi connectivity index (χ2v) is 7.05. The van der Waals surface area contributed by atoms with Gasteiger partial charge in [-0.05, 0) is 50.1 Å². The first-order chi connectivity index (χ1) is 11.9. The number of hydrogen-bond acceptors (Lipinski definition) is 2. The molecular weight excluding hydrogens is 359 g/mol. The van der Waals surface area contributed by atoms with Gasteiger partial charge < -0.3 is 10.2 Å². The van der Waals surface area contributed by atoms with Gasteiger partial charge in [0.15, 0.2) is 0 Å². The Morgan fingerprint density at radius 2 is 1.84 bits per heavy atom. The highest BCUT2D eigenvalue weighted by Crippen LogP contribution is 2.25. The van der Waals surface area contributed by atoms with Gasteiger partial charge in [-0.1, -0.05) is 40.9 Å². The summed E-state index contributed by atoms with van der Waals surface area (Å²) in [5, 5.41) is 3.70. The van der Waals surface area contributed by atoms with E-state index >= 15 is 0 Å². The van der Waals surface area contributed by atoms with E-state index in [1.807, 2.05) is 25.1 Å². The van der Waals surface area contributed by atoms with Crippen LogP contribution in [0.2, 0.25) is 10.0 Å². The largest absolute Gasteiger partial charge is 0.327 e. The third kappa shape index (κ3) is 4.14. The molecule has 1 fully saturated rings. The Balaban J connectivity index is 1.76. The van der Waals surface area contributed by atoms with Crippen molar-refractivity contribution in [3.05, 3.63) is 63.6 Å². The molecule has 25 heavy (non-hydrogen) atoms. The first kappa shape index (κ1) is 17.8. The molecule has 0 spiro atoms. The van der Waals surface area contributed by atoms with Crippen LogP contribution in [0.4, 0.5) is 5.69 Å². The zero-order chi connectivity index (χ0) is 18.0. The molecule has 6 heteroatoms. The third-order valence-corrected chi connectivity index (χ3v) is 4.65. The van der Waals surface area contributed by atoms with Crippen LogP contribution in [0.25, 0.3) is 0 Å². The molecule has 4 nitrogen and oxygen atoms in total. The second kappa shape index (κ2) is 7.46. The summed E-state index contributed by atoms with van der Waals surface area (Å²) in [6.45, 7) is 2.51. The van der Waals surface area contributed by atoms with Crippen molar-refractivity contribution < 1.29 is 9.59 Å². The van der Waals surface area contributed by atoms with Crippen LogP contribution in [-0.2, 0) is 4.79 Å². The Kier molecular flexibility index (Phi) is 5.30. The Hall–Kier alpha value is -2.04. The Morgan fingerprint density at radius 1 is 1.12 bits per heavy atom. The van der Waals surface area contributed by atoms with Crippen molar-refractivity contribution in [3.8, 4) is 0 Å². The lowest BCUT2D eigenvalue weighted by molar-refractivity contribution is -0.119. The third-order valence-electron chi connectivity index (χ3n) is 4.21. The van der Waals surface area contributed by atoms with E-state index in [1.54, 1.807) is 29.2 Å². The predicted molar refractivity (Wildman–Crippen MR) is 100 cm³/mol. The maximum absolute atomic E-state index is 12.8. The van der Waals surface area contributed by atoms with Crippen LogP contribution in [0, 0.1) is 6.92 Å². The van der Waals surface area contributed by atoms with Crippen molar-refractivity contribution in [2.45, 2.75) is 25.8 Å². The molecule has 1 N–H and O–H groups in total. The van der Waals surface area contributed by atoms with Crippen LogP contribution < -0.4 is 5.32 Å². The molecule has 1 aliphatic heterocycles. The van der Waals surface area contributed by atoms with Gasteiger partial charge in [-0.25, -0.2) is 0 Å². The monoisotopic (exact) mass is 376 g/mol. The van der Waals surface area contributed by atoms with E-state index in [1.165, 1.54) is 0 Å². The number of anilines is 1. The van der Waals surface area contributed by atoms with Gasteiger partial charge in [-0.3, -0.25) is 9.59 Å². The SMILES string of the molecule is Cc1cccc(C(=O)N2CCCC2C(=O)Nc2cc(Cl)cc(Cl)c2)c1. The first-order valence-electron chi connectivity index (χ1n) is 8.08. The Bertz CT molecular complexity index is 803. The fraction of sp³-hybridized carbons (Fsp3) is 0.263. The molecule has 0 aromatic heterocycles. The summed E-state index contributed by atoms with van der Waals surface area (Å²) in [5.41, 5.74) is 2.14. The second-order valence-electron chi connectivity index (χ2n) is 6.17. The minimum absolute atomic E-state index is 0.120. The zero-order valence-electron chi connectivity index (χ0n) is 13.8.